The van der Waals surface area contributed by atoms with E-state index >= 15 is 0 Å². The van der Waals surface area contributed by atoms with Gasteiger partial charge in [-0.2, -0.15) is 4.31 Å². The van der Waals surface area contributed by atoms with Crippen LogP contribution in [0.15, 0.2) is 47.4 Å². The van der Waals surface area contributed by atoms with Crippen LogP contribution in [-0.4, -0.2) is 62.0 Å². The largest absolute Gasteiger partial charge is 0.497 e. The predicted octanol–water partition coefficient (Wildman–Crippen LogP) is 1.52. The summed E-state index contributed by atoms with van der Waals surface area (Å²) in [7, 11) is -2.73. The van der Waals surface area contributed by atoms with Crippen LogP contribution in [0.2, 0.25) is 0 Å². The summed E-state index contributed by atoms with van der Waals surface area (Å²) in [6.07, 6.45) is -1.32. The number of nitrogens with zero attached hydrogens (tertiary/aromatic N) is 1. The van der Waals surface area contributed by atoms with E-state index in [9.17, 15) is 31.9 Å². The normalized spacial score (nSPS) is 19.2. The fourth-order valence-electron chi connectivity index (χ4n) is 3.13. The average molecular weight is 455 g/mol. The molecular formula is C20H19F2NO7S. The topological polar surface area (TPSA) is 110 Å². The maximum Gasteiger partial charge on any atom is 0.325 e. The minimum Gasteiger partial charge on any atom is -0.497 e. The van der Waals surface area contributed by atoms with Gasteiger partial charge in [0.2, 0.25) is 10.0 Å². The lowest BCUT2D eigenvalue weighted by Gasteiger charge is -2.22. The number of Topliss-reactive ketones (excluding diaryl/α,β-unsaturated/α-hetero) is 1. The first-order valence-electron chi connectivity index (χ1n) is 9.12. The number of hydrogen-bond donors (Lipinski definition) is 1. The molecule has 1 saturated heterocycles. The van der Waals surface area contributed by atoms with Crippen LogP contribution in [0.25, 0.3) is 0 Å². The molecule has 3 rings (SSSR count). The molecule has 0 aromatic heterocycles. The lowest BCUT2D eigenvalue weighted by Crippen LogP contribution is -2.41. The van der Waals surface area contributed by atoms with Crippen molar-refractivity contribution in [3.63, 3.8) is 0 Å². The first kappa shape index (κ1) is 22.8. The van der Waals surface area contributed by atoms with Crippen molar-refractivity contribution < 1.29 is 41.4 Å². The Morgan fingerprint density at radius 3 is 2.42 bits per heavy atom. The zero-order chi connectivity index (χ0) is 22.8. The summed E-state index contributed by atoms with van der Waals surface area (Å²) in [6, 6.07) is 6.60. The maximum absolute atomic E-state index is 13.3. The Kier molecular flexibility index (Phi) is 6.68. The van der Waals surface area contributed by atoms with Gasteiger partial charge in [-0.3, -0.25) is 9.59 Å². The molecule has 31 heavy (non-hydrogen) atoms. The van der Waals surface area contributed by atoms with E-state index in [1.165, 1.54) is 31.4 Å². The molecular weight excluding hydrogens is 436 g/mol. The molecule has 2 aromatic carbocycles. The Hall–Kier alpha value is -2.89. The number of ketones is 1. The van der Waals surface area contributed by atoms with E-state index in [-0.39, 0.29) is 23.4 Å². The Morgan fingerprint density at radius 1 is 1.13 bits per heavy atom. The van der Waals surface area contributed by atoms with Gasteiger partial charge in [0, 0.05) is 18.5 Å². The Labute approximate surface area is 177 Å². The Morgan fingerprint density at radius 2 is 1.81 bits per heavy atom. The number of hydrogen-bond acceptors (Lipinski definition) is 7. The molecule has 0 unspecified atom stereocenters. The first-order chi connectivity index (χ1) is 14.6. The summed E-state index contributed by atoms with van der Waals surface area (Å²) >= 11 is 0. The third-order valence-corrected chi connectivity index (χ3v) is 6.65. The fraction of sp³-hybridized carbons (Fsp3) is 0.300. The smallest absolute Gasteiger partial charge is 0.325 e. The SMILES string of the molecule is COc1ccc(S(=O)(=O)N2C[C@H](O)C[C@H]2C(=O)OCC(=O)c2ccc(F)c(F)c2)cc1. The van der Waals surface area contributed by atoms with Gasteiger partial charge in [0.15, 0.2) is 24.0 Å². The minimum absolute atomic E-state index is 0.113. The second kappa shape index (κ2) is 9.08. The van der Waals surface area contributed by atoms with Gasteiger partial charge in [0.25, 0.3) is 0 Å². The summed E-state index contributed by atoms with van der Waals surface area (Å²) < 4.78 is 62.9. The van der Waals surface area contributed by atoms with Gasteiger partial charge in [-0.1, -0.05) is 0 Å². The molecule has 8 nitrogen and oxygen atoms in total. The second-order valence-corrected chi connectivity index (χ2v) is 8.71. The van der Waals surface area contributed by atoms with Gasteiger partial charge in [0.05, 0.1) is 18.1 Å². The van der Waals surface area contributed by atoms with Crippen LogP contribution in [-0.2, 0) is 19.6 Å². The summed E-state index contributed by atoms with van der Waals surface area (Å²) in [5.41, 5.74) is -0.208. The van der Waals surface area contributed by atoms with Crippen molar-refractivity contribution in [1.82, 2.24) is 4.31 Å². The van der Waals surface area contributed by atoms with Crippen LogP contribution in [0.5, 0.6) is 5.75 Å². The lowest BCUT2D eigenvalue weighted by atomic mass is 10.1. The summed E-state index contributed by atoms with van der Waals surface area (Å²) in [4.78, 5) is 24.5. The van der Waals surface area contributed by atoms with Gasteiger partial charge < -0.3 is 14.6 Å². The van der Waals surface area contributed by atoms with Gasteiger partial charge in [-0.15, -0.1) is 0 Å². The van der Waals surface area contributed by atoms with Crippen molar-refractivity contribution in [2.45, 2.75) is 23.5 Å². The van der Waals surface area contributed by atoms with Crippen LogP contribution in [0, 0.1) is 11.6 Å². The molecule has 11 heteroatoms. The molecule has 1 heterocycles. The molecule has 0 saturated carbocycles. The highest BCUT2D eigenvalue weighted by molar-refractivity contribution is 7.89. The van der Waals surface area contributed by atoms with E-state index in [1.54, 1.807) is 0 Å². The third-order valence-electron chi connectivity index (χ3n) is 4.76. The van der Waals surface area contributed by atoms with Gasteiger partial charge >= 0.3 is 5.97 Å². The standard InChI is InChI=1S/C20H19F2NO7S/c1-29-14-3-5-15(6-4-14)31(27,28)23-10-13(24)9-18(23)20(26)30-11-19(25)12-2-7-16(21)17(22)8-12/h2-8,13,18,24H,9-11H2,1H3/t13-,18+/m1/s1. The predicted molar refractivity (Wildman–Crippen MR) is 103 cm³/mol. The van der Waals surface area contributed by atoms with E-state index in [0.717, 1.165) is 16.4 Å². The van der Waals surface area contributed by atoms with Gasteiger partial charge in [0.1, 0.15) is 11.8 Å². The van der Waals surface area contributed by atoms with E-state index in [4.69, 9.17) is 9.47 Å². The molecule has 0 aliphatic carbocycles. The van der Waals surface area contributed by atoms with Crippen molar-refractivity contribution >= 4 is 21.8 Å². The summed E-state index contributed by atoms with van der Waals surface area (Å²) in [5.74, 6) is -3.76. The zero-order valence-corrected chi connectivity index (χ0v) is 17.1. The van der Waals surface area contributed by atoms with Crippen molar-refractivity contribution in [3.05, 3.63) is 59.7 Å². The monoisotopic (exact) mass is 455 g/mol. The molecule has 1 N–H and O–H groups in total. The van der Waals surface area contributed by atoms with Crippen molar-refractivity contribution in [1.29, 1.82) is 0 Å². The minimum atomic E-state index is -4.15. The number of aliphatic hydroxyl groups is 1. The van der Waals surface area contributed by atoms with Crippen LogP contribution in [0.3, 0.4) is 0 Å². The number of benzene rings is 2. The molecule has 2 aromatic rings. The maximum atomic E-state index is 13.3. The molecule has 0 bridgehead atoms. The summed E-state index contributed by atoms with van der Waals surface area (Å²) in [6.45, 7) is -1.13. The number of carbonyl (C=O) groups is 2. The zero-order valence-electron chi connectivity index (χ0n) is 16.3. The van der Waals surface area contributed by atoms with E-state index in [0.29, 0.717) is 11.8 Å². The number of halogens is 2. The molecule has 1 fully saturated rings. The number of esters is 1. The molecule has 0 radical (unpaired) electrons. The summed E-state index contributed by atoms with van der Waals surface area (Å²) in [5, 5.41) is 9.95. The Bertz CT molecular complexity index is 1090. The number of carbonyl (C=O) groups excluding carboxylic acids is 2. The first-order valence-corrected chi connectivity index (χ1v) is 10.6. The highest BCUT2D eigenvalue weighted by Crippen LogP contribution is 2.28. The van der Waals surface area contributed by atoms with Gasteiger partial charge in [-0.25, -0.2) is 17.2 Å². The lowest BCUT2D eigenvalue weighted by molar-refractivity contribution is -0.146. The van der Waals surface area contributed by atoms with Crippen LogP contribution < -0.4 is 4.74 Å². The molecule has 1 aliphatic heterocycles. The van der Waals surface area contributed by atoms with Gasteiger partial charge in [-0.05, 0) is 42.5 Å². The van der Waals surface area contributed by atoms with Crippen LogP contribution >= 0.6 is 0 Å². The molecule has 2 atom stereocenters. The number of methoxy groups -OCH3 is 1. The van der Waals surface area contributed by atoms with Crippen molar-refractivity contribution in [3.8, 4) is 5.75 Å². The second-order valence-electron chi connectivity index (χ2n) is 6.82. The average Bonchev–Trinajstić information content (AvgIpc) is 3.16. The van der Waals surface area contributed by atoms with Crippen LogP contribution in [0.4, 0.5) is 8.78 Å². The van der Waals surface area contributed by atoms with Crippen molar-refractivity contribution in [2.24, 2.45) is 0 Å². The van der Waals surface area contributed by atoms with Crippen LogP contribution in [0.1, 0.15) is 16.8 Å². The molecule has 166 valence electrons. The van der Waals surface area contributed by atoms with E-state index in [1.807, 2.05) is 0 Å². The molecule has 0 spiro atoms. The van der Waals surface area contributed by atoms with E-state index in [2.05, 4.69) is 0 Å². The number of β-amino-alcohol motifs (C(OH)–C–C–N with tert-alkyl or cyclic N) is 1. The highest BCUT2D eigenvalue weighted by Gasteiger charge is 2.44. The Balaban J connectivity index is 1.72. The third kappa shape index (κ3) is 4.89. The van der Waals surface area contributed by atoms with E-state index < -0.39 is 52.2 Å². The molecule has 0 amide bonds. The fourth-order valence-corrected chi connectivity index (χ4v) is 4.76. The quantitative estimate of drug-likeness (QED) is 0.498. The van der Waals surface area contributed by atoms with Crippen molar-refractivity contribution in [2.75, 3.05) is 20.3 Å². The number of rotatable bonds is 7. The number of ether oxygens (including phenoxy) is 2. The highest BCUT2D eigenvalue weighted by atomic mass is 32.2. The molecule has 1 aliphatic rings. The number of aliphatic hydroxyl groups excluding tert-OH is 1. The number of sulfonamides is 1.